The van der Waals surface area contributed by atoms with Crippen LogP contribution < -0.4 is 0 Å². The summed E-state index contributed by atoms with van der Waals surface area (Å²) in [5, 5.41) is 8.56. The summed E-state index contributed by atoms with van der Waals surface area (Å²) in [6, 6.07) is 0. The van der Waals surface area contributed by atoms with Crippen molar-refractivity contribution in [3.05, 3.63) is 0 Å². The van der Waals surface area contributed by atoms with Crippen LogP contribution in [0, 0.1) is 0 Å². The second kappa shape index (κ2) is 4.98. The van der Waals surface area contributed by atoms with Gasteiger partial charge in [-0.1, -0.05) is 0 Å². The molecule has 0 rings (SSSR count). The maximum atomic E-state index is 12.0. The smallest absolute Gasteiger partial charge is 0.373 e. The van der Waals surface area contributed by atoms with Crippen LogP contribution in [0.25, 0.3) is 0 Å². The van der Waals surface area contributed by atoms with Gasteiger partial charge in [-0.2, -0.15) is 26.3 Å². The Morgan fingerprint density at radius 2 is 1.20 bits per heavy atom. The van der Waals surface area contributed by atoms with Gasteiger partial charge in [-0.15, -0.1) is 0 Å². The summed E-state index contributed by atoms with van der Waals surface area (Å²) in [4.78, 5) is 0.612. The average molecular weight is 295 g/mol. The van der Waals surface area contributed by atoms with Gasteiger partial charge in [-0.3, -0.25) is 0 Å². The predicted octanol–water partition coefficient (Wildman–Crippen LogP) is 1.02. The van der Waals surface area contributed by atoms with Crippen LogP contribution in [0.15, 0.2) is 0 Å². The first-order chi connectivity index (χ1) is 5.92. The molecule has 1 N–H and O–H groups in total. The largest absolute Gasteiger partial charge is 0.427 e. The van der Waals surface area contributed by atoms with Gasteiger partial charge < -0.3 is 10.0 Å². The van der Waals surface area contributed by atoms with Crippen molar-refractivity contribution in [3.8, 4) is 0 Å². The molecule has 0 unspecified atom stereocenters. The van der Waals surface area contributed by atoms with Crippen LogP contribution in [0.1, 0.15) is 0 Å². The third-order valence-electron chi connectivity index (χ3n) is 1.48. The van der Waals surface area contributed by atoms with E-state index >= 15 is 0 Å². The van der Waals surface area contributed by atoms with Crippen molar-refractivity contribution >= 4 is 19.8 Å². The van der Waals surface area contributed by atoms with Gasteiger partial charge in [-0.25, -0.2) is 0 Å². The number of aliphatic hydroxyl groups is 1. The SMILES string of the molecule is CN(C)CC(O)(C(F)(F)F)C(F)(F)F.[Ga]. The molecule has 0 bridgehead atoms. The van der Waals surface area contributed by atoms with Crippen LogP contribution in [-0.4, -0.2) is 68.4 Å². The second-order valence-electron chi connectivity index (χ2n) is 3.09. The molecular weight excluding hydrogens is 286 g/mol. The van der Waals surface area contributed by atoms with Crippen LogP contribution in [0.5, 0.6) is 0 Å². The van der Waals surface area contributed by atoms with E-state index in [-0.39, 0.29) is 19.8 Å². The van der Waals surface area contributed by atoms with Crippen LogP contribution in [0.2, 0.25) is 0 Å². The molecule has 9 heteroatoms. The van der Waals surface area contributed by atoms with E-state index in [1.807, 2.05) is 0 Å². The predicted molar refractivity (Wildman–Crippen MR) is 41.4 cm³/mol. The molecule has 3 radical (unpaired) electrons. The van der Waals surface area contributed by atoms with Crippen molar-refractivity contribution < 1.29 is 31.4 Å². The Morgan fingerprint density at radius 1 is 0.933 bits per heavy atom. The number of hydrogen-bond acceptors (Lipinski definition) is 2. The number of likely N-dealkylation sites (N-methyl/N-ethyl adjacent to an activating group) is 1. The molecule has 0 aromatic carbocycles. The van der Waals surface area contributed by atoms with Crippen LogP contribution >= 0.6 is 0 Å². The molecule has 0 spiro atoms. The monoisotopic (exact) mass is 294 g/mol. The van der Waals surface area contributed by atoms with Gasteiger partial charge in [0, 0.05) is 26.3 Å². The van der Waals surface area contributed by atoms with Gasteiger partial charge in [0.25, 0.3) is 5.60 Å². The van der Waals surface area contributed by atoms with Gasteiger partial charge in [0.1, 0.15) is 0 Å². The minimum Gasteiger partial charge on any atom is -0.373 e. The van der Waals surface area contributed by atoms with Gasteiger partial charge in [-0.05, 0) is 14.1 Å². The molecule has 89 valence electrons. The summed E-state index contributed by atoms with van der Waals surface area (Å²) < 4.78 is 71.8. The summed E-state index contributed by atoms with van der Waals surface area (Å²) in [5.74, 6) is 0. The molecule has 0 aliphatic heterocycles. The number of rotatable bonds is 2. The van der Waals surface area contributed by atoms with Gasteiger partial charge >= 0.3 is 12.4 Å². The fraction of sp³-hybridized carbons (Fsp3) is 1.00. The van der Waals surface area contributed by atoms with E-state index in [2.05, 4.69) is 0 Å². The molecule has 0 aromatic rings. The van der Waals surface area contributed by atoms with Crippen molar-refractivity contribution in [1.82, 2.24) is 4.90 Å². The third-order valence-corrected chi connectivity index (χ3v) is 1.48. The Hall–Kier alpha value is 0.136. The summed E-state index contributed by atoms with van der Waals surface area (Å²) >= 11 is 0. The molecule has 0 atom stereocenters. The maximum Gasteiger partial charge on any atom is 0.427 e. The molecule has 0 amide bonds. The van der Waals surface area contributed by atoms with Crippen LogP contribution in [0.4, 0.5) is 26.3 Å². The minimum absolute atomic E-state index is 0. The maximum absolute atomic E-state index is 12.0. The molecule has 0 heterocycles. The zero-order chi connectivity index (χ0) is 11.8. The molecular formula is C6H9F6GaNO. The van der Waals surface area contributed by atoms with Crippen LogP contribution in [0.3, 0.4) is 0 Å². The van der Waals surface area contributed by atoms with E-state index in [1.165, 1.54) is 0 Å². The van der Waals surface area contributed by atoms with Crippen molar-refractivity contribution in [2.75, 3.05) is 20.6 Å². The van der Waals surface area contributed by atoms with Crippen LogP contribution in [-0.2, 0) is 0 Å². The van der Waals surface area contributed by atoms with E-state index in [4.69, 9.17) is 5.11 Å². The number of alkyl halides is 6. The summed E-state index contributed by atoms with van der Waals surface area (Å²) in [5.41, 5.74) is -4.68. The van der Waals surface area contributed by atoms with E-state index in [0.717, 1.165) is 14.1 Å². The molecule has 0 saturated carbocycles. The molecule has 2 nitrogen and oxygen atoms in total. The number of nitrogens with zero attached hydrogens (tertiary/aromatic N) is 1. The van der Waals surface area contributed by atoms with Crippen molar-refractivity contribution in [2.45, 2.75) is 18.0 Å². The Balaban J connectivity index is 0. The third kappa shape index (κ3) is 3.89. The zero-order valence-corrected chi connectivity index (χ0v) is 10.4. The zero-order valence-electron chi connectivity index (χ0n) is 7.95. The molecule has 0 fully saturated rings. The van der Waals surface area contributed by atoms with Crippen molar-refractivity contribution in [2.24, 2.45) is 0 Å². The average Bonchev–Trinajstić information content (AvgIpc) is 1.79. The minimum atomic E-state index is -5.74. The molecule has 0 saturated heterocycles. The van der Waals surface area contributed by atoms with Crippen molar-refractivity contribution in [1.29, 1.82) is 0 Å². The topological polar surface area (TPSA) is 23.5 Å². The summed E-state index contributed by atoms with van der Waals surface area (Å²) in [6.07, 6.45) is -11.5. The first-order valence-corrected chi connectivity index (χ1v) is 3.42. The Kier molecular flexibility index (Phi) is 5.82. The number of hydrogen-bond donors (Lipinski definition) is 1. The Bertz CT molecular complexity index is 187. The van der Waals surface area contributed by atoms with E-state index in [9.17, 15) is 26.3 Å². The van der Waals surface area contributed by atoms with Gasteiger partial charge in [0.2, 0.25) is 0 Å². The molecule has 0 aromatic heterocycles. The van der Waals surface area contributed by atoms with Gasteiger partial charge in [0.05, 0.1) is 0 Å². The fourth-order valence-corrected chi connectivity index (χ4v) is 0.798. The summed E-state index contributed by atoms with van der Waals surface area (Å²) in [7, 11) is 2.00. The molecule has 15 heavy (non-hydrogen) atoms. The first kappa shape index (κ1) is 17.5. The van der Waals surface area contributed by atoms with Crippen molar-refractivity contribution in [3.63, 3.8) is 0 Å². The second-order valence-corrected chi connectivity index (χ2v) is 3.09. The van der Waals surface area contributed by atoms with E-state index in [1.54, 1.807) is 0 Å². The Labute approximate surface area is 95.3 Å². The normalized spacial score (nSPS) is 14.0. The standard InChI is InChI=1S/C6H9F6NO.Ga/c1-13(2)3-4(14,5(7,8)9)6(10,11)12;/h14H,3H2,1-2H3;. The first-order valence-electron chi connectivity index (χ1n) is 3.42. The molecule has 0 aliphatic carbocycles. The van der Waals surface area contributed by atoms with E-state index < -0.39 is 24.5 Å². The van der Waals surface area contributed by atoms with Gasteiger partial charge in [0.15, 0.2) is 0 Å². The molecule has 0 aliphatic rings. The quantitative estimate of drug-likeness (QED) is 0.607. The van der Waals surface area contributed by atoms with E-state index in [0.29, 0.717) is 4.90 Å². The number of halogens is 6. The fourth-order valence-electron chi connectivity index (χ4n) is 0.798. The summed E-state index contributed by atoms with van der Waals surface area (Å²) in [6.45, 7) is -1.56. The Morgan fingerprint density at radius 3 is 1.27 bits per heavy atom.